The lowest BCUT2D eigenvalue weighted by atomic mass is 10.2. The summed E-state index contributed by atoms with van der Waals surface area (Å²) in [6.07, 6.45) is 0.212. The molecule has 1 atom stereocenters. The molecule has 1 N–H and O–H groups in total. The van der Waals surface area contributed by atoms with Crippen LogP contribution in [0, 0.1) is 11.8 Å². The van der Waals surface area contributed by atoms with E-state index in [4.69, 9.17) is 9.84 Å². The minimum absolute atomic E-state index is 0.0388. The number of aliphatic hydroxyl groups is 1. The molecular formula is C15H19NO4S. The van der Waals surface area contributed by atoms with Crippen molar-refractivity contribution in [3.63, 3.8) is 0 Å². The molecule has 0 saturated carbocycles. The van der Waals surface area contributed by atoms with Gasteiger partial charge in [-0.05, 0) is 19.1 Å². The van der Waals surface area contributed by atoms with E-state index >= 15 is 0 Å². The highest BCUT2D eigenvalue weighted by Gasteiger charge is 2.30. The molecule has 0 radical (unpaired) electrons. The van der Waals surface area contributed by atoms with Crippen LogP contribution in [0.25, 0.3) is 0 Å². The van der Waals surface area contributed by atoms with Crippen molar-refractivity contribution in [2.24, 2.45) is 0 Å². The summed E-state index contributed by atoms with van der Waals surface area (Å²) in [5, 5.41) is 8.76. The molecule has 0 aromatic heterocycles. The lowest BCUT2D eigenvalue weighted by Crippen LogP contribution is -2.44. The maximum atomic E-state index is 12.7. The summed E-state index contributed by atoms with van der Waals surface area (Å²) in [7, 11) is -3.57. The first-order chi connectivity index (χ1) is 10.1. The minimum atomic E-state index is -3.57. The number of aliphatic hydroxyl groups excluding tert-OH is 1. The second-order valence-corrected chi connectivity index (χ2v) is 6.72. The molecule has 1 aromatic carbocycles. The molecule has 0 spiro atoms. The number of morpholine rings is 1. The molecule has 1 aromatic rings. The van der Waals surface area contributed by atoms with Gasteiger partial charge in [0.25, 0.3) is 0 Å². The van der Waals surface area contributed by atoms with Gasteiger partial charge in [0.2, 0.25) is 10.0 Å². The zero-order valence-electron chi connectivity index (χ0n) is 11.9. The van der Waals surface area contributed by atoms with Crippen LogP contribution in [0.1, 0.15) is 18.9 Å². The fraction of sp³-hybridized carbons (Fsp3) is 0.467. The van der Waals surface area contributed by atoms with Crippen molar-refractivity contribution in [1.82, 2.24) is 4.31 Å². The second-order valence-electron chi connectivity index (χ2n) is 4.82. The Balaban J connectivity index is 2.34. The fourth-order valence-corrected chi connectivity index (χ4v) is 3.80. The van der Waals surface area contributed by atoms with E-state index in [9.17, 15) is 8.42 Å². The molecule has 1 aliphatic heterocycles. The summed E-state index contributed by atoms with van der Waals surface area (Å²) in [5.74, 6) is 5.59. The van der Waals surface area contributed by atoms with E-state index in [0.717, 1.165) is 0 Å². The Labute approximate surface area is 125 Å². The van der Waals surface area contributed by atoms with E-state index in [1.807, 2.05) is 6.92 Å². The van der Waals surface area contributed by atoms with Gasteiger partial charge < -0.3 is 9.84 Å². The molecule has 1 fully saturated rings. The third kappa shape index (κ3) is 3.83. The first-order valence-corrected chi connectivity index (χ1v) is 8.30. The third-order valence-electron chi connectivity index (χ3n) is 3.17. The van der Waals surface area contributed by atoms with Crippen LogP contribution in [0.4, 0.5) is 0 Å². The van der Waals surface area contributed by atoms with Crippen molar-refractivity contribution < 1.29 is 18.3 Å². The highest BCUT2D eigenvalue weighted by Crippen LogP contribution is 2.21. The topological polar surface area (TPSA) is 66.8 Å². The first-order valence-electron chi connectivity index (χ1n) is 6.86. The maximum absolute atomic E-state index is 12.7. The van der Waals surface area contributed by atoms with Gasteiger partial charge in [-0.1, -0.05) is 24.0 Å². The largest absolute Gasteiger partial charge is 0.395 e. The predicted molar refractivity (Wildman–Crippen MR) is 79.2 cm³/mol. The molecule has 21 heavy (non-hydrogen) atoms. The molecule has 5 nitrogen and oxygen atoms in total. The van der Waals surface area contributed by atoms with Crippen LogP contribution in [0.2, 0.25) is 0 Å². The van der Waals surface area contributed by atoms with E-state index in [1.54, 1.807) is 24.3 Å². The number of hydrogen-bond donors (Lipinski definition) is 1. The molecule has 0 aliphatic carbocycles. The van der Waals surface area contributed by atoms with Crippen molar-refractivity contribution in [3.05, 3.63) is 29.8 Å². The van der Waals surface area contributed by atoms with E-state index in [2.05, 4.69) is 11.8 Å². The summed E-state index contributed by atoms with van der Waals surface area (Å²) >= 11 is 0. The van der Waals surface area contributed by atoms with Gasteiger partial charge in [-0.2, -0.15) is 4.31 Å². The highest BCUT2D eigenvalue weighted by molar-refractivity contribution is 7.89. The van der Waals surface area contributed by atoms with Gasteiger partial charge in [0.05, 0.1) is 24.2 Å². The highest BCUT2D eigenvalue weighted by atomic mass is 32.2. The lowest BCUT2D eigenvalue weighted by Gasteiger charge is -2.30. The number of hydrogen-bond acceptors (Lipinski definition) is 4. The monoisotopic (exact) mass is 309 g/mol. The van der Waals surface area contributed by atoms with Gasteiger partial charge in [0.1, 0.15) is 0 Å². The van der Waals surface area contributed by atoms with Crippen LogP contribution in [0.15, 0.2) is 29.2 Å². The van der Waals surface area contributed by atoms with Crippen LogP contribution in [-0.4, -0.2) is 50.2 Å². The summed E-state index contributed by atoms with van der Waals surface area (Å²) < 4.78 is 32.3. The second kappa shape index (κ2) is 7.05. The van der Waals surface area contributed by atoms with Gasteiger partial charge in [-0.25, -0.2) is 8.42 Å². The van der Waals surface area contributed by atoms with Crippen molar-refractivity contribution in [2.45, 2.75) is 24.3 Å². The van der Waals surface area contributed by atoms with E-state index in [1.165, 1.54) is 4.31 Å². The third-order valence-corrected chi connectivity index (χ3v) is 5.09. The molecule has 1 saturated heterocycles. The summed E-state index contributed by atoms with van der Waals surface area (Å²) in [6, 6.07) is 6.69. The van der Waals surface area contributed by atoms with Gasteiger partial charge in [0.15, 0.2) is 0 Å². The fourth-order valence-electron chi connectivity index (χ4n) is 2.15. The smallest absolute Gasteiger partial charge is 0.244 e. The van der Waals surface area contributed by atoms with Crippen molar-refractivity contribution in [2.75, 3.05) is 26.3 Å². The van der Waals surface area contributed by atoms with E-state index in [-0.39, 0.29) is 17.6 Å². The van der Waals surface area contributed by atoms with Crippen molar-refractivity contribution in [1.29, 1.82) is 0 Å². The Bertz CT molecular complexity index is 645. The van der Waals surface area contributed by atoms with Crippen molar-refractivity contribution in [3.8, 4) is 11.8 Å². The zero-order chi connectivity index (χ0) is 15.3. The number of benzene rings is 1. The van der Waals surface area contributed by atoms with Crippen LogP contribution in [0.5, 0.6) is 0 Å². The Morgan fingerprint density at radius 2 is 2.19 bits per heavy atom. The van der Waals surface area contributed by atoms with Crippen LogP contribution >= 0.6 is 0 Å². The Kier molecular flexibility index (Phi) is 5.37. The molecule has 2 rings (SSSR count). The van der Waals surface area contributed by atoms with Crippen molar-refractivity contribution >= 4 is 10.0 Å². The zero-order valence-corrected chi connectivity index (χ0v) is 12.8. The standard InChI is InChI=1S/C15H19NO4S/c1-13-12-16(9-11-20-13)21(18,19)15-8-3-2-6-14(15)7-4-5-10-17/h2-3,6,8,13,17H,5,9-12H2,1H3. The predicted octanol–water partition coefficient (Wildman–Crippen LogP) is 0.830. The van der Waals surface area contributed by atoms with Crippen LogP contribution < -0.4 is 0 Å². The molecule has 0 bridgehead atoms. The molecule has 0 amide bonds. The van der Waals surface area contributed by atoms with E-state index in [0.29, 0.717) is 31.7 Å². The summed E-state index contributed by atoms with van der Waals surface area (Å²) in [4.78, 5) is 0.213. The Morgan fingerprint density at radius 1 is 1.43 bits per heavy atom. The van der Waals surface area contributed by atoms with Gasteiger partial charge in [0, 0.05) is 25.1 Å². The molecule has 114 valence electrons. The van der Waals surface area contributed by atoms with Crippen LogP contribution in [0.3, 0.4) is 0 Å². The number of ether oxygens (including phenoxy) is 1. The number of sulfonamides is 1. The quantitative estimate of drug-likeness (QED) is 0.840. The Morgan fingerprint density at radius 3 is 2.90 bits per heavy atom. The normalized spacial score (nSPS) is 19.8. The maximum Gasteiger partial charge on any atom is 0.244 e. The molecule has 1 unspecified atom stereocenters. The van der Waals surface area contributed by atoms with Gasteiger partial charge in [-0.15, -0.1) is 0 Å². The molecule has 6 heteroatoms. The van der Waals surface area contributed by atoms with E-state index < -0.39 is 10.0 Å². The van der Waals surface area contributed by atoms with Gasteiger partial charge in [-0.3, -0.25) is 0 Å². The molecule has 1 heterocycles. The number of nitrogens with zero attached hydrogens (tertiary/aromatic N) is 1. The average Bonchev–Trinajstić information content (AvgIpc) is 2.48. The SMILES string of the molecule is CC1CN(S(=O)(=O)c2ccccc2C#CCCO)CCO1. The number of rotatable bonds is 3. The minimum Gasteiger partial charge on any atom is -0.395 e. The summed E-state index contributed by atoms with van der Waals surface area (Å²) in [5.41, 5.74) is 0.463. The van der Waals surface area contributed by atoms with Crippen LogP contribution in [-0.2, 0) is 14.8 Å². The average molecular weight is 309 g/mol. The summed E-state index contributed by atoms with van der Waals surface area (Å²) in [6.45, 7) is 2.92. The molecular weight excluding hydrogens is 290 g/mol. The lowest BCUT2D eigenvalue weighted by molar-refractivity contribution is 0.0102. The first kappa shape index (κ1) is 16.0. The van der Waals surface area contributed by atoms with Gasteiger partial charge >= 0.3 is 0 Å². The Hall–Kier alpha value is -1.39. The molecule has 1 aliphatic rings.